The van der Waals surface area contributed by atoms with Crippen LogP contribution >= 0.6 is 0 Å². The van der Waals surface area contributed by atoms with Crippen LogP contribution in [0.2, 0.25) is 0 Å². The highest BCUT2D eigenvalue weighted by Crippen LogP contribution is 2.40. The molecule has 1 aromatic heterocycles. The second-order valence-corrected chi connectivity index (χ2v) is 4.66. The van der Waals surface area contributed by atoms with E-state index < -0.39 is 0 Å². The average Bonchev–Trinajstić information content (AvgIpc) is 3.14. The molecule has 0 radical (unpaired) electrons. The Kier molecular flexibility index (Phi) is 2.39. The van der Waals surface area contributed by atoms with Gasteiger partial charge in [-0.15, -0.1) is 0 Å². The molecule has 3 nitrogen and oxygen atoms in total. The number of anilines is 1. The maximum absolute atomic E-state index is 6.06. The molecule has 1 fully saturated rings. The zero-order valence-corrected chi connectivity index (χ0v) is 10.1. The summed E-state index contributed by atoms with van der Waals surface area (Å²) in [6, 6.07) is 8.67. The highest BCUT2D eigenvalue weighted by molar-refractivity contribution is 5.70. The van der Waals surface area contributed by atoms with Gasteiger partial charge < -0.3 is 10.3 Å². The Labute approximate surface area is 101 Å². The number of benzene rings is 1. The summed E-state index contributed by atoms with van der Waals surface area (Å²) in [5, 5.41) is 0. The Morgan fingerprint density at radius 3 is 2.53 bits per heavy atom. The third-order valence-corrected chi connectivity index (χ3v) is 3.45. The molecule has 0 unspecified atom stereocenters. The van der Waals surface area contributed by atoms with Gasteiger partial charge in [-0.1, -0.05) is 24.3 Å². The van der Waals surface area contributed by atoms with Crippen molar-refractivity contribution in [1.29, 1.82) is 0 Å². The van der Waals surface area contributed by atoms with E-state index in [-0.39, 0.29) is 0 Å². The van der Waals surface area contributed by atoms with E-state index in [9.17, 15) is 0 Å². The fourth-order valence-corrected chi connectivity index (χ4v) is 2.20. The molecule has 1 heterocycles. The van der Waals surface area contributed by atoms with E-state index in [0.29, 0.717) is 0 Å². The zero-order chi connectivity index (χ0) is 11.8. The van der Waals surface area contributed by atoms with Gasteiger partial charge in [0, 0.05) is 12.1 Å². The lowest BCUT2D eigenvalue weighted by Gasteiger charge is -2.03. The lowest BCUT2D eigenvalue weighted by atomic mass is 10.1. The number of imidazole rings is 1. The fraction of sp³-hybridized carbons (Fsp3) is 0.357. The third kappa shape index (κ3) is 1.82. The normalized spacial score (nSPS) is 15.1. The summed E-state index contributed by atoms with van der Waals surface area (Å²) in [5.74, 6) is 1.56. The van der Waals surface area contributed by atoms with E-state index in [1.54, 1.807) is 6.33 Å². The molecule has 0 aliphatic heterocycles. The zero-order valence-electron chi connectivity index (χ0n) is 10.1. The number of nitrogens with two attached hydrogens (primary N) is 1. The first-order valence-electron chi connectivity index (χ1n) is 6.20. The molecule has 1 saturated carbocycles. The molecule has 3 rings (SSSR count). The van der Waals surface area contributed by atoms with Gasteiger partial charge in [0.1, 0.15) is 11.5 Å². The minimum absolute atomic E-state index is 0.756. The van der Waals surface area contributed by atoms with Crippen molar-refractivity contribution in [1.82, 2.24) is 9.55 Å². The predicted octanol–water partition coefficient (Wildman–Crippen LogP) is 3.03. The third-order valence-electron chi connectivity index (χ3n) is 3.45. The van der Waals surface area contributed by atoms with E-state index in [0.717, 1.165) is 29.5 Å². The van der Waals surface area contributed by atoms with E-state index in [1.807, 2.05) is 4.57 Å². The van der Waals surface area contributed by atoms with Gasteiger partial charge in [-0.3, -0.25) is 0 Å². The minimum atomic E-state index is 0.756. The number of aromatic nitrogens is 2. The van der Waals surface area contributed by atoms with Gasteiger partial charge in [-0.05, 0) is 31.2 Å². The van der Waals surface area contributed by atoms with Gasteiger partial charge in [0.2, 0.25) is 0 Å². The van der Waals surface area contributed by atoms with Gasteiger partial charge in [0.05, 0.1) is 6.33 Å². The molecule has 0 saturated heterocycles. The van der Waals surface area contributed by atoms with Crippen LogP contribution in [0.5, 0.6) is 0 Å². The van der Waals surface area contributed by atoms with Crippen LogP contribution in [-0.4, -0.2) is 9.55 Å². The van der Waals surface area contributed by atoms with E-state index in [4.69, 9.17) is 5.73 Å². The second kappa shape index (κ2) is 3.91. The van der Waals surface area contributed by atoms with Gasteiger partial charge in [-0.25, -0.2) is 4.98 Å². The molecule has 17 heavy (non-hydrogen) atoms. The molecule has 1 aliphatic carbocycles. The molecule has 0 bridgehead atoms. The topological polar surface area (TPSA) is 43.8 Å². The van der Waals surface area contributed by atoms with Crippen molar-refractivity contribution in [3.05, 3.63) is 36.2 Å². The molecular weight excluding hydrogens is 210 g/mol. The minimum Gasteiger partial charge on any atom is -0.383 e. The molecule has 2 N–H and O–H groups in total. The lowest BCUT2D eigenvalue weighted by Crippen LogP contribution is -1.99. The molecule has 2 aromatic rings. The first-order valence-corrected chi connectivity index (χ1v) is 6.20. The Morgan fingerprint density at radius 2 is 2.00 bits per heavy atom. The van der Waals surface area contributed by atoms with Crippen LogP contribution in [-0.2, 0) is 6.54 Å². The molecule has 0 spiro atoms. The number of rotatable bonds is 3. The first kappa shape index (κ1) is 10.4. The van der Waals surface area contributed by atoms with Crippen LogP contribution in [0.15, 0.2) is 30.6 Å². The Bertz CT molecular complexity index is 521. The molecule has 1 aliphatic rings. The lowest BCUT2D eigenvalue weighted by molar-refractivity contribution is 0.771. The van der Waals surface area contributed by atoms with Crippen molar-refractivity contribution in [2.45, 2.75) is 32.2 Å². The second-order valence-electron chi connectivity index (χ2n) is 4.66. The van der Waals surface area contributed by atoms with E-state index in [1.165, 1.54) is 18.4 Å². The molecule has 0 amide bonds. The average molecular weight is 227 g/mol. The summed E-state index contributed by atoms with van der Waals surface area (Å²) in [7, 11) is 0. The van der Waals surface area contributed by atoms with Crippen molar-refractivity contribution in [2.24, 2.45) is 0 Å². The van der Waals surface area contributed by atoms with Crippen LogP contribution in [0.3, 0.4) is 0 Å². The van der Waals surface area contributed by atoms with Crippen molar-refractivity contribution in [2.75, 3.05) is 5.73 Å². The molecule has 3 heteroatoms. The summed E-state index contributed by atoms with van der Waals surface area (Å²) in [4.78, 5) is 4.38. The van der Waals surface area contributed by atoms with E-state index >= 15 is 0 Å². The Balaban J connectivity index is 1.94. The number of aryl methyl sites for hydroxylation is 1. The predicted molar refractivity (Wildman–Crippen MR) is 69.7 cm³/mol. The number of hydrogen-bond donors (Lipinski definition) is 1. The number of nitrogen functional groups attached to an aromatic ring is 1. The quantitative estimate of drug-likeness (QED) is 0.875. The van der Waals surface area contributed by atoms with Gasteiger partial charge >= 0.3 is 0 Å². The van der Waals surface area contributed by atoms with Crippen molar-refractivity contribution in [3.8, 4) is 11.3 Å². The number of hydrogen-bond acceptors (Lipinski definition) is 2. The van der Waals surface area contributed by atoms with Crippen LogP contribution < -0.4 is 5.73 Å². The molecule has 1 aromatic carbocycles. The van der Waals surface area contributed by atoms with Gasteiger partial charge in [0.25, 0.3) is 0 Å². The molecule has 0 atom stereocenters. The maximum atomic E-state index is 6.06. The molecule has 88 valence electrons. The smallest absolute Gasteiger partial charge is 0.131 e. The van der Waals surface area contributed by atoms with Crippen LogP contribution in [0.25, 0.3) is 11.3 Å². The summed E-state index contributed by atoms with van der Waals surface area (Å²) in [6.45, 7) is 2.93. The van der Waals surface area contributed by atoms with Gasteiger partial charge in [-0.2, -0.15) is 0 Å². The Hall–Kier alpha value is -1.77. The maximum Gasteiger partial charge on any atom is 0.131 e. The first-order chi connectivity index (χ1) is 8.29. The Morgan fingerprint density at radius 1 is 1.29 bits per heavy atom. The van der Waals surface area contributed by atoms with Crippen molar-refractivity contribution >= 4 is 5.82 Å². The fourth-order valence-electron chi connectivity index (χ4n) is 2.20. The van der Waals surface area contributed by atoms with Crippen molar-refractivity contribution < 1.29 is 0 Å². The number of nitrogens with zero attached hydrogens (tertiary/aromatic N) is 2. The largest absolute Gasteiger partial charge is 0.383 e. The highest BCUT2D eigenvalue weighted by Gasteiger charge is 2.23. The van der Waals surface area contributed by atoms with E-state index in [2.05, 4.69) is 36.2 Å². The highest BCUT2D eigenvalue weighted by atomic mass is 15.1. The molecular formula is C14H17N3. The summed E-state index contributed by atoms with van der Waals surface area (Å²) >= 11 is 0. The van der Waals surface area contributed by atoms with Crippen molar-refractivity contribution in [3.63, 3.8) is 0 Å². The summed E-state index contributed by atoms with van der Waals surface area (Å²) in [6.07, 6.45) is 4.48. The van der Waals surface area contributed by atoms with Crippen LogP contribution in [0, 0.1) is 0 Å². The summed E-state index contributed by atoms with van der Waals surface area (Å²) < 4.78 is 1.96. The van der Waals surface area contributed by atoms with Gasteiger partial charge in [0.15, 0.2) is 0 Å². The van der Waals surface area contributed by atoms with Crippen LogP contribution in [0.4, 0.5) is 5.82 Å². The summed E-state index contributed by atoms with van der Waals surface area (Å²) in [5.41, 5.74) is 9.51. The standard InChI is InChI=1S/C14H17N3/c1-2-17-9-16-13(14(17)15)12-7-5-11(6-8-12)10-3-4-10/h5-10H,2-4,15H2,1H3. The monoisotopic (exact) mass is 227 g/mol. The van der Waals surface area contributed by atoms with Crippen LogP contribution in [0.1, 0.15) is 31.2 Å². The SMILES string of the molecule is CCn1cnc(-c2ccc(C3CC3)cc2)c1N.